The summed E-state index contributed by atoms with van der Waals surface area (Å²) in [6.45, 7) is -1.13. The van der Waals surface area contributed by atoms with Crippen LogP contribution >= 0.6 is 27.3 Å². The van der Waals surface area contributed by atoms with Crippen molar-refractivity contribution in [3.63, 3.8) is 0 Å². The van der Waals surface area contributed by atoms with E-state index in [1.54, 1.807) is 24.3 Å². The number of carbonyl (C=O) groups is 2. The molecule has 1 aromatic carbocycles. The van der Waals surface area contributed by atoms with E-state index in [1.165, 1.54) is 24.3 Å². The number of halogens is 3. The minimum Gasteiger partial charge on any atom is -0.434 e. The van der Waals surface area contributed by atoms with E-state index in [9.17, 15) is 18.4 Å². The molecule has 0 bridgehead atoms. The average Bonchev–Trinajstić information content (AvgIpc) is 3.01. The third kappa shape index (κ3) is 6.09. The summed E-state index contributed by atoms with van der Waals surface area (Å²) < 4.78 is 30.0. The molecule has 2 N–H and O–H groups in total. The second kappa shape index (κ2) is 8.91. The van der Waals surface area contributed by atoms with Crippen molar-refractivity contribution in [3.05, 3.63) is 50.1 Å². The number of thiophene rings is 1. The van der Waals surface area contributed by atoms with Gasteiger partial charge in [-0.1, -0.05) is 15.9 Å². The zero-order valence-electron chi connectivity index (χ0n) is 13.1. The molecule has 0 radical (unpaired) electrons. The predicted octanol–water partition coefficient (Wildman–Crippen LogP) is 3.68. The van der Waals surface area contributed by atoms with Crippen LogP contribution in [-0.2, 0) is 17.9 Å². The first-order chi connectivity index (χ1) is 11.8. The number of carbonyl (C=O) groups excluding carboxylic acids is 2. The first kappa shape index (κ1) is 19.3. The molecule has 2 rings (SSSR count). The maximum absolute atomic E-state index is 12.4. The van der Waals surface area contributed by atoms with Gasteiger partial charge in [-0.25, -0.2) is 0 Å². The van der Waals surface area contributed by atoms with Crippen molar-refractivity contribution in [2.45, 2.75) is 26.6 Å². The summed E-state index contributed by atoms with van der Waals surface area (Å²) >= 11 is 4.51. The van der Waals surface area contributed by atoms with Crippen LogP contribution in [0.4, 0.5) is 8.78 Å². The minimum atomic E-state index is -2.94. The number of benzene rings is 1. The smallest absolute Gasteiger partial charge is 0.387 e. The van der Waals surface area contributed by atoms with Gasteiger partial charge in [0.15, 0.2) is 0 Å². The van der Waals surface area contributed by atoms with Gasteiger partial charge in [-0.05, 0) is 30.3 Å². The lowest BCUT2D eigenvalue weighted by molar-refractivity contribution is -0.119. The molecule has 9 heteroatoms. The summed E-state index contributed by atoms with van der Waals surface area (Å²) in [5, 5.41) is 5.32. The average molecular weight is 433 g/mol. The Morgan fingerprint density at radius 1 is 1.20 bits per heavy atom. The minimum absolute atomic E-state index is 0.0102. The fourth-order valence-corrected chi connectivity index (χ4v) is 3.24. The van der Waals surface area contributed by atoms with Crippen molar-refractivity contribution >= 4 is 39.1 Å². The molecule has 0 atom stereocenters. The molecular formula is C16H15BrF2N2O3S. The predicted molar refractivity (Wildman–Crippen MR) is 93.8 cm³/mol. The van der Waals surface area contributed by atoms with Crippen LogP contribution < -0.4 is 15.4 Å². The Balaban J connectivity index is 2.00. The highest BCUT2D eigenvalue weighted by molar-refractivity contribution is 9.10. The van der Waals surface area contributed by atoms with Gasteiger partial charge in [-0.15, -0.1) is 11.3 Å². The molecule has 0 aliphatic carbocycles. The van der Waals surface area contributed by atoms with E-state index in [0.717, 1.165) is 4.88 Å². The molecule has 0 saturated carbocycles. The van der Waals surface area contributed by atoms with E-state index in [4.69, 9.17) is 0 Å². The van der Waals surface area contributed by atoms with Crippen LogP contribution in [0, 0.1) is 0 Å². The second-order valence-corrected chi connectivity index (χ2v) is 7.07. The quantitative estimate of drug-likeness (QED) is 0.700. The van der Waals surface area contributed by atoms with Crippen LogP contribution in [0.3, 0.4) is 0 Å². The summed E-state index contributed by atoms with van der Waals surface area (Å²) in [6, 6.07) is 7.99. The second-order valence-electron chi connectivity index (χ2n) is 4.99. The van der Waals surface area contributed by atoms with Gasteiger partial charge >= 0.3 is 6.61 Å². The van der Waals surface area contributed by atoms with Gasteiger partial charge in [-0.2, -0.15) is 8.78 Å². The number of hydrogen-bond donors (Lipinski definition) is 2. The number of amides is 2. The van der Waals surface area contributed by atoms with E-state index in [0.29, 0.717) is 21.5 Å². The molecule has 0 aliphatic rings. The SMILES string of the molecule is CC(=O)NCc1ccc(C(=O)NCc2cc(Br)ccc2OC(F)F)s1. The summed E-state index contributed by atoms with van der Waals surface area (Å²) in [5.41, 5.74) is 0.429. The highest BCUT2D eigenvalue weighted by Gasteiger charge is 2.13. The Bertz CT molecular complexity index is 768. The largest absolute Gasteiger partial charge is 0.434 e. The molecule has 25 heavy (non-hydrogen) atoms. The monoisotopic (exact) mass is 432 g/mol. The van der Waals surface area contributed by atoms with E-state index in [-0.39, 0.29) is 24.1 Å². The lowest BCUT2D eigenvalue weighted by atomic mass is 10.2. The zero-order valence-corrected chi connectivity index (χ0v) is 15.5. The summed E-state index contributed by atoms with van der Waals surface area (Å²) in [6.07, 6.45) is 0. The normalized spacial score (nSPS) is 10.6. The maximum Gasteiger partial charge on any atom is 0.387 e. The molecule has 0 unspecified atom stereocenters. The molecule has 5 nitrogen and oxygen atoms in total. The van der Waals surface area contributed by atoms with Crippen molar-refractivity contribution in [3.8, 4) is 5.75 Å². The number of hydrogen-bond acceptors (Lipinski definition) is 4. The van der Waals surface area contributed by atoms with Crippen molar-refractivity contribution in [1.82, 2.24) is 10.6 Å². The molecule has 2 aromatic rings. The van der Waals surface area contributed by atoms with Gasteiger partial charge < -0.3 is 15.4 Å². The summed E-state index contributed by atoms with van der Waals surface area (Å²) in [5.74, 6) is -0.473. The van der Waals surface area contributed by atoms with Gasteiger partial charge in [-0.3, -0.25) is 9.59 Å². The summed E-state index contributed by atoms with van der Waals surface area (Å²) in [4.78, 5) is 24.4. The van der Waals surface area contributed by atoms with E-state index in [2.05, 4.69) is 31.3 Å². The van der Waals surface area contributed by atoms with Crippen LogP contribution in [-0.4, -0.2) is 18.4 Å². The molecule has 1 aromatic heterocycles. The number of alkyl halides is 2. The van der Waals surface area contributed by atoms with Crippen LogP contribution in [0.1, 0.15) is 27.0 Å². The Labute approximate surface area is 155 Å². The Morgan fingerprint density at radius 3 is 2.64 bits per heavy atom. The first-order valence-electron chi connectivity index (χ1n) is 7.19. The Morgan fingerprint density at radius 2 is 1.96 bits per heavy atom. The van der Waals surface area contributed by atoms with Gasteiger partial charge in [0.25, 0.3) is 5.91 Å². The van der Waals surface area contributed by atoms with Crippen LogP contribution in [0.25, 0.3) is 0 Å². The molecule has 0 fully saturated rings. The van der Waals surface area contributed by atoms with Gasteiger partial charge in [0.2, 0.25) is 5.91 Å². The van der Waals surface area contributed by atoms with Crippen molar-refractivity contribution in [1.29, 1.82) is 0 Å². The fraction of sp³-hybridized carbons (Fsp3) is 0.250. The van der Waals surface area contributed by atoms with Gasteiger partial charge in [0, 0.05) is 28.4 Å². The van der Waals surface area contributed by atoms with Crippen LogP contribution in [0.2, 0.25) is 0 Å². The topological polar surface area (TPSA) is 67.4 Å². The molecule has 0 saturated heterocycles. The standard InChI is InChI=1S/C16H15BrF2N2O3S/c1-9(22)20-8-12-3-5-14(25-12)15(23)21-7-10-6-11(17)2-4-13(10)24-16(18)19/h2-6,16H,7-8H2,1H3,(H,20,22)(H,21,23). The lowest BCUT2D eigenvalue weighted by Gasteiger charge is -2.11. The maximum atomic E-state index is 12.4. The first-order valence-corrected chi connectivity index (χ1v) is 8.80. The fourth-order valence-electron chi connectivity index (χ4n) is 1.97. The molecule has 0 spiro atoms. The number of ether oxygens (including phenoxy) is 1. The molecule has 0 aliphatic heterocycles. The summed E-state index contributed by atoms with van der Waals surface area (Å²) in [7, 11) is 0. The molecular weight excluding hydrogens is 418 g/mol. The third-order valence-electron chi connectivity index (χ3n) is 3.07. The number of rotatable bonds is 7. The van der Waals surface area contributed by atoms with E-state index < -0.39 is 6.61 Å². The van der Waals surface area contributed by atoms with Crippen molar-refractivity contribution in [2.75, 3.05) is 0 Å². The Hall–Kier alpha value is -2.00. The van der Waals surface area contributed by atoms with E-state index in [1.807, 2.05) is 0 Å². The highest BCUT2D eigenvalue weighted by atomic mass is 79.9. The van der Waals surface area contributed by atoms with E-state index >= 15 is 0 Å². The number of nitrogens with one attached hydrogen (secondary N) is 2. The van der Waals surface area contributed by atoms with Crippen LogP contribution in [0.5, 0.6) is 5.75 Å². The van der Waals surface area contributed by atoms with Crippen LogP contribution in [0.15, 0.2) is 34.8 Å². The third-order valence-corrected chi connectivity index (χ3v) is 4.65. The molecule has 2 amide bonds. The Kier molecular flexibility index (Phi) is 6.89. The van der Waals surface area contributed by atoms with Crippen molar-refractivity contribution < 1.29 is 23.1 Å². The van der Waals surface area contributed by atoms with Gasteiger partial charge in [0.05, 0.1) is 11.4 Å². The molecule has 1 heterocycles. The lowest BCUT2D eigenvalue weighted by Crippen LogP contribution is -2.22. The van der Waals surface area contributed by atoms with Crippen molar-refractivity contribution in [2.24, 2.45) is 0 Å². The zero-order chi connectivity index (χ0) is 18.4. The molecule has 134 valence electrons. The van der Waals surface area contributed by atoms with Gasteiger partial charge in [0.1, 0.15) is 5.75 Å². The highest BCUT2D eigenvalue weighted by Crippen LogP contribution is 2.25.